The lowest BCUT2D eigenvalue weighted by Crippen LogP contribution is -2.47. The maximum Gasteiger partial charge on any atom is 0.434 e. The average molecular weight is 416 g/mol. The summed E-state index contributed by atoms with van der Waals surface area (Å²) in [5, 5.41) is 3.36. The average Bonchev–Trinajstić information content (AvgIpc) is 3.19. The van der Waals surface area contributed by atoms with Crippen molar-refractivity contribution in [1.82, 2.24) is 14.3 Å². The number of imidazole rings is 1. The van der Waals surface area contributed by atoms with E-state index in [4.69, 9.17) is 0 Å². The van der Waals surface area contributed by atoms with Crippen molar-refractivity contribution >= 4 is 17.4 Å². The Labute approximate surface area is 172 Å². The summed E-state index contributed by atoms with van der Waals surface area (Å²) in [4.78, 5) is 17.3. The highest BCUT2D eigenvalue weighted by Gasteiger charge is 2.37. The van der Waals surface area contributed by atoms with E-state index in [1.807, 2.05) is 23.1 Å². The number of carbonyl (C=O) groups excluding carboxylic acids is 1. The second kappa shape index (κ2) is 7.66. The molecule has 1 aliphatic heterocycles. The minimum absolute atomic E-state index is 0.0625. The molecule has 5 nitrogen and oxygen atoms in total. The molecule has 2 aromatic heterocycles. The Morgan fingerprint density at radius 1 is 1.10 bits per heavy atom. The molecule has 0 aliphatic carbocycles. The van der Waals surface area contributed by atoms with Crippen LogP contribution in [0, 0.1) is 0 Å². The number of piperidine rings is 1. The quantitative estimate of drug-likeness (QED) is 0.688. The molecule has 0 saturated carbocycles. The number of fused-ring (bicyclic) bond motifs is 1. The van der Waals surface area contributed by atoms with Gasteiger partial charge in [0.2, 0.25) is 5.91 Å². The number of aromatic nitrogens is 2. The predicted molar refractivity (Wildman–Crippen MR) is 108 cm³/mol. The van der Waals surface area contributed by atoms with Crippen LogP contribution in [0.5, 0.6) is 0 Å². The largest absolute Gasteiger partial charge is 0.434 e. The van der Waals surface area contributed by atoms with Crippen LogP contribution >= 0.6 is 0 Å². The number of carbonyl (C=O) groups is 1. The highest BCUT2D eigenvalue weighted by atomic mass is 19.4. The van der Waals surface area contributed by atoms with Crippen LogP contribution in [0.1, 0.15) is 31.0 Å². The summed E-state index contributed by atoms with van der Waals surface area (Å²) < 4.78 is 40.7. The summed E-state index contributed by atoms with van der Waals surface area (Å²) in [5.74, 6) is 0.618. The summed E-state index contributed by atoms with van der Waals surface area (Å²) in [7, 11) is 0. The SMILES string of the molecule is CC(=O)N1CCC(CNc2cccc3nc(C(F)(F)F)cn23)(c2ccccc2)CC1. The Morgan fingerprint density at radius 3 is 2.43 bits per heavy atom. The molecule has 1 aliphatic rings. The Balaban J connectivity index is 1.62. The number of likely N-dealkylation sites (tertiary alicyclic amines) is 1. The number of anilines is 1. The number of nitrogens with one attached hydrogen (secondary N) is 1. The van der Waals surface area contributed by atoms with Crippen molar-refractivity contribution in [3.63, 3.8) is 0 Å². The number of amides is 1. The van der Waals surface area contributed by atoms with Crippen molar-refractivity contribution in [1.29, 1.82) is 0 Å². The van der Waals surface area contributed by atoms with Gasteiger partial charge in [-0.25, -0.2) is 4.98 Å². The third kappa shape index (κ3) is 3.86. The molecular weight excluding hydrogens is 393 g/mol. The lowest BCUT2D eigenvalue weighted by atomic mass is 9.72. The standard InChI is InChI=1S/C22H23F3N4O/c1-16(30)28-12-10-21(11-13-28,17-6-3-2-4-7-17)15-26-19-8-5-9-20-27-18(14-29(19)20)22(23,24)25/h2-9,14,26H,10-13,15H2,1H3. The van der Waals surface area contributed by atoms with Gasteiger partial charge in [0.25, 0.3) is 0 Å². The van der Waals surface area contributed by atoms with Gasteiger partial charge in [-0.3, -0.25) is 9.20 Å². The van der Waals surface area contributed by atoms with E-state index in [1.165, 1.54) is 4.40 Å². The number of halogens is 3. The highest BCUT2D eigenvalue weighted by Crippen LogP contribution is 2.36. The summed E-state index contributed by atoms with van der Waals surface area (Å²) in [6.45, 7) is 3.42. The minimum Gasteiger partial charge on any atom is -0.370 e. The molecule has 8 heteroatoms. The molecule has 0 radical (unpaired) electrons. The van der Waals surface area contributed by atoms with Gasteiger partial charge in [-0.15, -0.1) is 0 Å². The first-order valence-electron chi connectivity index (χ1n) is 9.89. The number of hydrogen-bond acceptors (Lipinski definition) is 3. The third-order valence-electron chi connectivity index (χ3n) is 5.94. The zero-order chi connectivity index (χ0) is 21.4. The number of nitrogens with zero attached hydrogens (tertiary/aromatic N) is 3. The van der Waals surface area contributed by atoms with Crippen LogP contribution in [0.2, 0.25) is 0 Å². The molecule has 1 saturated heterocycles. The van der Waals surface area contributed by atoms with Gasteiger partial charge in [-0.05, 0) is 30.5 Å². The fraction of sp³-hybridized carbons (Fsp3) is 0.364. The summed E-state index contributed by atoms with van der Waals surface area (Å²) in [5.41, 5.74) is 0.272. The van der Waals surface area contributed by atoms with Crippen LogP contribution in [-0.4, -0.2) is 39.8 Å². The van der Waals surface area contributed by atoms with Crippen molar-refractivity contribution in [3.8, 4) is 0 Å². The van der Waals surface area contributed by atoms with Crippen molar-refractivity contribution in [3.05, 3.63) is 66.0 Å². The van der Waals surface area contributed by atoms with Crippen molar-refractivity contribution in [2.24, 2.45) is 0 Å². The van der Waals surface area contributed by atoms with Crippen LogP contribution in [-0.2, 0) is 16.4 Å². The first-order valence-corrected chi connectivity index (χ1v) is 9.89. The molecule has 0 atom stereocenters. The van der Waals surface area contributed by atoms with E-state index in [2.05, 4.69) is 22.4 Å². The minimum atomic E-state index is -4.49. The van der Waals surface area contributed by atoms with Crippen molar-refractivity contribution < 1.29 is 18.0 Å². The van der Waals surface area contributed by atoms with E-state index >= 15 is 0 Å². The monoisotopic (exact) mass is 416 g/mol. The fourth-order valence-electron chi connectivity index (χ4n) is 4.16. The summed E-state index contributed by atoms with van der Waals surface area (Å²) >= 11 is 0. The van der Waals surface area contributed by atoms with Crippen LogP contribution in [0.25, 0.3) is 5.65 Å². The molecule has 1 N–H and O–H groups in total. The van der Waals surface area contributed by atoms with Crippen molar-refractivity contribution in [2.75, 3.05) is 25.0 Å². The normalized spacial score (nSPS) is 16.6. The second-order valence-corrected chi connectivity index (χ2v) is 7.77. The molecule has 1 amide bonds. The molecule has 0 spiro atoms. The van der Waals surface area contributed by atoms with Gasteiger partial charge in [0, 0.05) is 38.2 Å². The maximum atomic E-state index is 13.1. The van der Waals surface area contributed by atoms with Crippen molar-refractivity contribution in [2.45, 2.75) is 31.4 Å². The first kappa shape index (κ1) is 20.3. The number of rotatable bonds is 4. The molecule has 4 rings (SSSR count). The van der Waals surface area contributed by atoms with E-state index in [9.17, 15) is 18.0 Å². The molecule has 0 unspecified atom stereocenters. The number of benzene rings is 1. The van der Waals surface area contributed by atoms with Crippen LogP contribution in [0.15, 0.2) is 54.7 Å². The van der Waals surface area contributed by atoms with Gasteiger partial charge in [-0.1, -0.05) is 36.4 Å². The van der Waals surface area contributed by atoms with E-state index in [1.54, 1.807) is 25.1 Å². The van der Waals surface area contributed by atoms with E-state index in [0.717, 1.165) is 24.6 Å². The van der Waals surface area contributed by atoms with Crippen LogP contribution in [0.4, 0.5) is 19.0 Å². The van der Waals surface area contributed by atoms with E-state index < -0.39 is 11.9 Å². The van der Waals surface area contributed by atoms with Crippen LogP contribution < -0.4 is 5.32 Å². The molecule has 0 bridgehead atoms. The van der Waals surface area contributed by atoms with Gasteiger partial charge >= 0.3 is 6.18 Å². The molecule has 1 fully saturated rings. The van der Waals surface area contributed by atoms with Gasteiger partial charge in [0.15, 0.2) is 5.69 Å². The molecule has 158 valence electrons. The maximum absolute atomic E-state index is 13.1. The van der Waals surface area contributed by atoms with Gasteiger partial charge in [-0.2, -0.15) is 13.2 Å². The Bertz CT molecular complexity index is 1040. The van der Waals surface area contributed by atoms with E-state index in [-0.39, 0.29) is 17.0 Å². The smallest absolute Gasteiger partial charge is 0.370 e. The summed E-state index contributed by atoms with van der Waals surface area (Å²) in [6.07, 6.45) is -1.92. The Morgan fingerprint density at radius 2 is 1.80 bits per heavy atom. The fourth-order valence-corrected chi connectivity index (χ4v) is 4.16. The van der Waals surface area contributed by atoms with E-state index in [0.29, 0.717) is 25.5 Å². The van der Waals surface area contributed by atoms with Gasteiger partial charge in [0.1, 0.15) is 11.5 Å². The second-order valence-electron chi connectivity index (χ2n) is 7.77. The lowest BCUT2D eigenvalue weighted by Gasteiger charge is -2.42. The predicted octanol–water partition coefficient (Wildman–Crippen LogP) is 4.35. The highest BCUT2D eigenvalue weighted by molar-refractivity contribution is 5.73. The molecule has 1 aromatic carbocycles. The Hall–Kier alpha value is -3.03. The summed E-state index contributed by atoms with van der Waals surface area (Å²) in [6, 6.07) is 15.1. The molecular formula is C22H23F3N4O. The topological polar surface area (TPSA) is 49.6 Å². The lowest BCUT2D eigenvalue weighted by molar-refractivity contribution is -0.140. The number of alkyl halides is 3. The molecule has 3 aromatic rings. The van der Waals surface area contributed by atoms with Gasteiger partial charge in [0.05, 0.1) is 0 Å². The third-order valence-corrected chi connectivity index (χ3v) is 5.94. The van der Waals surface area contributed by atoms with Gasteiger partial charge < -0.3 is 10.2 Å². The Kier molecular flexibility index (Phi) is 5.17. The molecule has 30 heavy (non-hydrogen) atoms. The number of pyridine rings is 1. The van der Waals surface area contributed by atoms with Crippen LogP contribution in [0.3, 0.4) is 0 Å². The number of hydrogen-bond donors (Lipinski definition) is 1. The first-order chi connectivity index (χ1) is 14.3. The zero-order valence-electron chi connectivity index (χ0n) is 16.6. The zero-order valence-corrected chi connectivity index (χ0v) is 16.6. The molecule has 3 heterocycles.